The van der Waals surface area contributed by atoms with Crippen molar-refractivity contribution in [3.63, 3.8) is 0 Å². The molecule has 3 aromatic rings. The zero-order valence-corrected chi connectivity index (χ0v) is 18.4. The molecule has 3 rings (SSSR count). The van der Waals surface area contributed by atoms with Crippen molar-refractivity contribution < 1.29 is 19.4 Å². The molecule has 0 bridgehead atoms. The van der Waals surface area contributed by atoms with E-state index in [-0.39, 0.29) is 29.6 Å². The number of methoxy groups -OCH3 is 1. The average molecular weight is 460 g/mol. The van der Waals surface area contributed by atoms with Gasteiger partial charge in [-0.25, -0.2) is 0 Å². The van der Waals surface area contributed by atoms with E-state index in [2.05, 4.69) is 5.32 Å². The van der Waals surface area contributed by atoms with Gasteiger partial charge in [0.1, 0.15) is 18.1 Å². The molecule has 0 saturated carbocycles. The number of anilines is 1. The molecule has 7 heteroatoms. The molecule has 0 saturated heterocycles. The lowest BCUT2D eigenvalue weighted by atomic mass is 10.1. The van der Waals surface area contributed by atoms with E-state index in [4.69, 9.17) is 32.7 Å². The fourth-order valence-corrected chi connectivity index (χ4v) is 3.62. The summed E-state index contributed by atoms with van der Waals surface area (Å²) in [6.45, 7) is 0.0176. The maximum atomic E-state index is 12.7. The van der Waals surface area contributed by atoms with Gasteiger partial charge in [-0.1, -0.05) is 71.7 Å². The maximum Gasteiger partial charge on any atom is 0.193 e. The van der Waals surface area contributed by atoms with Gasteiger partial charge in [0.05, 0.1) is 11.6 Å². The number of nitrogens with one attached hydrogen (secondary N) is 1. The summed E-state index contributed by atoms with van der Waals surface area (Å²) in [4.78, 5) is 12.7. The van der Waals surface area contributed by atoms with Gasteiger partial charge in [0.25, 0.3) is 0 Å². The van der Waals surface area contributed by atoms with Crippen LogP contribution in [0.25, 0.3) is 0 Å². The molecule has 2 unspecified atom stereocenters. The topological polar surface area (TPSA) is 67.8 Å². The van der Waals surface area contributed by atoms with Gasteiger partial charge in [0.2, 0.25) is 0 Å². The quantitative estimate of drug-likeness (QED) is 0.305. The van der Waals surface area contributed by atoms with E-state index in [9.17, 15) is 9.90 Å². The van der Waals surface area contributed by atoms with E-state index in [0.29, 0.717) is 16.1 Å². The third-order valence-corrected chi connectivity index (χ3v) is 5.20. The number of Topliss-reactive ketones (excluding diaryl/α,β-unsaturated/α-hetero) is 1. The van der Waals surface area contributed by atoms with Gasteiger partial charge in [-0.3, -0.25) is 4.79 Å². The van der Waals surface area contributed by atoms with E-state index >= 15 is 0 Å². The number of rotatable bonds is 10. The van der Waals surface area contributed by atoms with Crippen LogP contribution in [-0.4, -0.2) is 36.9 Å². The number of para-hydroxylation sites is 1. The fourth-order valence-electron chi connectivity index (χ4n) is 3.09. The van der Waals surface area contributed by atoms with Crippen molar-refractivity contribution in [3.8, 4) is 5.75 Å². The van der Waals surface area contributed by atoms with E-state index in [1.165, 1.54) is 13.2 Å². The first-order chi connectivity index (χ1) is 15.0. The second kappa shape index (κ2) is 11.2. The zero-order chi connectivity index (χ0) is 22.2. The van der Waals surface area contributed by atoms with Crippen LogP contribution < -0.4 is 5.32 Å². The highest BCUT2D eigenvalue weighted by molar-refractivity contribution is 6.35. The standard InChI is InChI=1S/C24H23Cl2NO4/c1-30-21(24(29)16-8-4-2-5-9-16)15-31-22(27-19-10-6-3-7-11-19)13-17-12-18(25)14-20(26)23(17)28/h2-12,14,21-22,27-28H,13,15H2,1H3. The number of carbonyl (C=O) groups is 1. The monoisotopic (exact) mass is 459 g/mol. The summed E-state index contributed by atoms with van der Waals surface area (Å²) in [5.41, 5.74) is 1.89. The Morgan fingerprint density at radius 1 is 1.03 bits per heavy atom. The number of phenolic OH excluding ortho intramolecular Hbond substituents is 1. The molecule has 0 radical (unpaired) electrons. The number of hydrogen-bond donors (Lipinski definition) is 2. The van der Waals surface area contributed by atoms with Crippen molar-refractivity contribution in [2.24, 2.45) is 0 Å². The summed E-state index contributed by atoms with van der Waals surface area (Å²) in [5, 5.41) is 14.2. The lowest BCUT2D eigenvalue weighted by molar-refractivity contribution is -0.00931. The highest BCUT2D eigenvalue weighted by atomic mass is 35.5. The van der Waals surface area contributed by atoms with Gasteiger partial charge in [0, 0.05) is 35.4 Å². The van der Waals surface area contributed by atoms with Crippen LogP contribution in [0.2, 0.25) is 10.0 Å². The van der Waals surface area contributed by atoms with E-state index in [0.717, 1.165) is 5.69 Å². The summed E-state index contributed by atoms with van der Waals surface area (Å²) >= 11 is 12.2. The Morgan fingerprint density at radius 3 is 2.32 bits per heavy atom. The van der Waals surface area contributed by atoms with Crippen LogP contribution in [0.3, 0.4) is 0 Å². The van der Waals surface area contributed by atoms with Crippen LogP contribution in [0.15, 0.2) is 72.8 Å². The SMILES string of the molecule is COC(COC(Cc1cc(Cl)cc(Cl)c1O)Nc1ccccc1)C(=O)c1ccccc1. The molecular formula is C24H23Cl2NO4. The zero-order valence-electron chi connectivity index (χ0n) is 16.9. The molecule has 0 aromatic heterocycles. The Labute approximate surface area is 191 Å². The first-order valence-electron chi connectivity index (χ1n) is 9.70. The second-order valence-corrected chi connectivity index (χ2v) is 7.73. The van der Waals surface area contributed by atoms with Crippen LogP contribution in [0, 0.1) is 0 Å². The molecule has 2 N–H and O–H groups in total. The molecule has 2 atom stereocenters. The Bertz CT molecular complexity index is 999. The maximum absolute atomic E-state index is 12.7. The normalized spacial score (nSPS) is 12.9. The largest absolute Gasteiger partial charge is 0.506 e. The van der Waals surface area contributed by atoms with Gasteiger partial charge in [0.15, 0.2) is 5.78 Å². The van der Waals surface area contributed by atoms with Crippen LogP contribution in [0.4, 0.5) is 5.69 Å². The molecule has 0 fully saturated rings. The van der Waals surface area contributed by atoms with E-state index < -0.39 is 12.3 Å². The molecule has 0 aliphatic rings. The van der Waals surface area contributed by atoms with E-state index in [1.807, 2.05) is 36.4 Å². The summed E-state index contributed by atoms with van der Waals surface area (Å²) < 4.78 is 11.4. The van der Waals surface area contributed by atoms with Gasteiger partial charge >= 0.3 is 0 Å². The van der Waals surface area contributed by atoms with Gasteiger partial charge in [-0.05, 0) is 24.3 Å². The van der Waals surface area contributed by atoms with Gasteiger partial charge < -0.3 is 19.9 Å². The van der Waals surface area contributed by atoms with Crippen LogP contribution >= 0.6 is 23.2 Å². The second-order valence-electron chi connectivity index (χ2n) is 6.89. The average Bonchev–Trinajstić information content (AvgIpc) is 2.78. The molecule has 31 heavy (non-hydrogen) atoms. The van der Waals surface area contributed by atoms with Crippen molar-refractivity contribution in [1.82, 2.24) is 0 Å². The molecule has 0 amide bonds. The summed E-state index contributed by atoms with van der Waals surface area (Å²) in [5.74, 6) is -0.228. The van der Waals surface area contributed by atoms with Crippen LogP contribution in [0.1, 0.15) is 15.9 Å². The highest BCUT2D eigenvalue weighted by Crippen LogP contribution is 2.32. The Morgan fingerprint density at radius 2 is 1.68 bits per heavy atom. The Hall–Kier alpha value is -2.57. The van der Waals surface area contributed by atoms with Crippen molar-refractivity contribution >= 4 is 34.7 Å². The first kappa shape index (κ1) is 23.1. The molecule has 5 nitrogen and oxygen atoms in total. The molecule has 0 spiro atoms. The highest BCUT2D eigenvalue weighted by Gasteiger charge is 2.23. The van der Waals surface area contributed by atoms with Crippen molar-refractivity contribution in [3.05, 3.63) is 94.0 Å². The molecule has 0 aliphatic heterocycles. The van der Waals surface area contributed by atoms with E-state index in [1.54, 1.807) is 30.3 Å². The van der Waals surface area contributed by atoms with Crippen LogP contribution in [0.5, 0.6) is 5.75 Å². The fraction of sp³-hybridized carbons (Fsp3) is 0.208. The number of carbonyl (C=O) groups excluding carboxylic acids is 1. The minimum Gasteiger partial charge on any atom is -0.506 e. The van der Waals surface area contributed by atoms with Crippen molar-refractivity contribution in [2.45, 2.75) is 18.8 Å². The molecular weight excluding hydrogens is 437 g/mol. The number of benzene rings is 3. The van der Waals surface area contributed by atoms with Crippen LogP contribution in [-0.2, 0) is 15.9 Å². The number of halogens is 2. The molecule has 162 valence electrons. The summed E-state index contributed by atoms with van der Waals surface area (Å²) in [6, 6.07) is 21.5. The predicted molar refractivity (Wildman–Crippen MR) is 123 cm³/mol. The van der Waals surface area contributed by atoms with Gasteiger partial charge in [-0.2, -0.15) is 0 Å². The summed E-state index contributed by atoms with van der Waals surface area (Å²) in [6.07, 6.45) is -1.10. The number of hydrogen-bond acceptors (Lipinski definition) is 5. The number of aromatic hydroxyl groups is 1. The number of ketones is 1. The number of ether oxygens (including phenoxy) is 2. The lowest BCUT2D eigenvalue weighted by Gasteiger charge is -2.24. The molecule has 0 heterocycles. The minimum atomic E-state index is -0.779. The Balaban J connectivity index is 1.77. The van der Waals surface area contributed by atoms with Crippen molar-refractivity contribution in [2.75, 3.05) is 19.0 Å². The first-order valence-corrected chi connectivity index (χ1v) is 10.5. The third kappa shape index (κ3) is 6.45. The number of phenols is 1. The summed E-state index contributed by atoms with van der Waals surface area (Å²) in [7, 11) is 1.47. The van der Waals surface area contributed by atoms with Crippen molar-refractivity contribution in [1.29, 1.82) is 0 Å². The third-order valence-electron chi connectivity index (χ3n) is 4.70. The lowest BCUT2D eigenvalue weighted by Crippen LogP contribution is -2.34. The Kier molecular flexibility index (Phi) is 8.32. The van der Waals surface area contributed by atoms with Gasteiger partial charge in [-0.15, -0.1) is 0 Å². The molecule has 3 aromatic carbocycles. The molecule has 0 aliphatic carbocycles. The smallest absolute Gasteiger partial charge is 0.193 e. The predicted octanol–water partition coefficient (Wildman–Crippen LogP) is 5.59. The minimum absolute atomic E-state index is 0.0176.